The average Bonchev–Trinajstić information content (AvgIpc) is 2.77. The Morgan fingerprint density at radius 3 is 2.57 bits per heavy atom. The molecule has 1 aromatic rings. The zero-order chi connectivity index (χ0) is 15.5. The molecule has 0 aliphatic carbocycles. The predicted octanol–water partition coefficient (Wildman–Crippen LogP) is 2.54. The molecule has 0 N–H and O–H groups in total. The van der Waals surface area contributed by atoms with Crippen molar-refractivity contribution in [2.75, 3.05) is 20.3 Å². The lowest BCUT2D eigenvalue weighted by atomic mass is 10.2. The molecule has 0 spiro atoms. The van der Waals surface area contributed by atoms with Crippen molar-refractivity contribution < 1.29 is 17.3 Å². The smallest absolute Gasteiger partial charge is 0.340 e. The number of nitrogens with zero attached hydrogens (tertiary/aromatic N) is 1. The quantitative estimate of drug-likeness (QED) is 0.748. The third-order valence-electron chi connectivity index (χ3n) is 3.07. The van der Waals surface area contributed by atoms with Crippen molar-refractivity contribution in [2.45, 2.75) is 24.1 Å². The molecule has 0 saturated carbocycles. The number of hydrogen-bond acceptors (Lipinski definition) is 6. The first-order valence-electron chi connectivity index (χ1n) is 6.61. The van der Waals surface area contributed by atoms with Crippen LogP contribution in [0, 0.1) is 6.92 Å². The highest BCUT2D eigenvalue weighted by atomic mass is 32.2. The first-order valence-corrected chi connectivity index (χ1v) is 8.96. The summed E-state index contributed by atoms with van der Waals surface area (Å²) >= 11 is 1.49. The molecule has 5 nitrogen and oxygen atoms in total. The molecule has 0 aromatic heterocycles. The van der Waals surface area contributed by atoms with E-state index < -0.39 is 10.1 Å². The van der Waals surface area contributed by atoms with Crippen molar-refractivity contribution in [2.24, 2.45) is 0 Å². The van der Waals surface area contributed by atoms with Crippen molar-refractivity contribution in [3.63, 3.8) is 0 Å². The molecule has 0 fully saturated rings. The Bertz CT molecular complexity index is 610. The Kier molecular flexibility index (Phi) is 5.18. The fourth-order valence-corrected chi connectivity index (χ4v) is 3.73. The fourth-order valence-electron chi connectivity index (χ4n) is 1.77. The van der Waals surface area contributed by atoms with Crippen LogP contribution in [-0.2, 0) is 19.0 Å². The standard InChI is InChI=1S/C14H19NO4S2/c1-4-18-9-14-15(3)13(10-20-14)19-21(16,17)12-7-5-11(2)6-8-12/h5-8,10,14H,4,9H2,1-3H3. The monoisotopic (exact) mass is 329 g/mol. The van der Waals surface area contributed by atoms with E-state index >= 15 is 0 Å². The van der Waals surface area contributed by atoms with Gasteiger partial charge in [0, 0.05) is 19.1 Å². The van der Waals surface area contributed by atoms with E-state index in [9.17, 15) is 8.42 Å². The Labute approximate surface area is 130 Å². The van der Waals surface area contributed by atoms with Crippen LogP contribution >= 0.6 is 11.8 Å². The molecule has 1 aliphatic rings. The van der Waals surface area contributed by atoms with Gasteiger partial charge in [0.2, 0.25) is 5.88 Å². The minimum atomic E-state index is -3.80. The van der Waals surface area contributed by atoms with Gasteiger partial charge in [0.25, 0.3) is 0 Å². The number of benzene rings is 1. The lowest BCUT2D eigenvalue weighted by Crippen LogP contribution is -2.30. The van der Waals surface area contributed by atoms with Gasteiger partial charge in [-0.25, -0.2) is 0 Å². The Morgan fingerprint density at radius 2 is 1.95 bits per heavy atom. The Balaban J connectivity index is 2.06. The van der Waals surface area contributed by atoms with E-state index in [2.05, 4.69) is 0 Å². The number of likely N-dealkylation sites (N-methyl/N-ethyl adjacent to an activating group) is 1. The molecule has 1 unspecified atom stereocenters. The summed E-state index contributed by atoms with van der Waals surface area (Å²) in [6.45, 7) is 4.97. The van der Waals surface area contributed by atoms with Gasteiger partial charge in [-0.2, -0.15) is 8.42 Å². The third kappa shape index (κ3) is 3.93. The largest absolute Gasteiger partial charge is 0.379 e. The summed E-state index contributed by atoms with van der Waals surface area (Å²) in [5.74, 6) is 0.324. The summed E-state index contributed by atoms with van der Waals surface area (Å²) in [5.41, 5.74) is 0.999. The molecular formula is C14H19NO4S2. The van der Waals surface area contributed by atoms with Crippen molar-refractivity contribution in [3.05, 3.63) is 41.1 Å². The number of aryl methyl sites for hydroxylation is 1. The van der Waals surface area contributed by atoms with Crippen molar-refractivity contribution >= 4 is 21.9 Å². The topological polar surface area (TPSA) is 55.8 Å². The number of ether oxygens (including phenoxy) is 1. The molecular weight excluding hydrogens is 310 g/mol. The van der Waals surface area contributed by atoms with E-state index in [-0.39, 0.29) is 10.3 Å². The van der Waals surface area contributed by atoms with Crippen LogP contribution in [-0.4, -0.2) is 39.0 Å². The highest BCUT2D eigenvalue weighted by Crippen LogP contribution is 2.32. The predicted molar refractivity (Wildman–Crippen MR) is 83.2 cm³/mol. The molecule has 1 aromatic carbocycles. The van der Waals surface area contributed by atoms with E-state index in [4.69, 9.17) is 8.92 Å². The fraction of sp³-hybridized carbons (Fsp3) is 0.429. The van der Waals surface area contributed by atoms with E-state index in [1.807, 2.05) is 13.8 Å². The summed E-state index contributed by atoms with van der Waals surface area (Å²) in [4.78, 5) is 1.92. The highest BCUT2D eigenvalue weighted by Gasteiger charge is 2.29. The summed E-state index contributed by atoms with van der Waals surface area (Å²) in [5, 5.41) is 1.74. The lowest BCUT2D eigenvalue weighted by molar-refractivity contribution is 0.109. The summed E-state index contributed by atoms with van der Waals surface area (Å²) < 4.78 is 35.1. The molecule has 7 heteroatoms. The van der Waals surface area contributed by atoms with Gasteiger partial charge in [0.05, 0.1) is 6.61 Å². The molecule has 0 saturated heterocycles. The van der Waals surface area contributed by atoms with Crippen LogP contribution < -0.4 is 0 Å². The van der Waals surface area contributed by atoms with E-state index in [0.29, 0.717) is 19.1 Å². The molecule has 1 heterocycles. The maximum Gasteiger partial charge on any atom is 0.340 e. The number of rotatable bonds is 6. The van der Waals surface area contributed by atoms with Crippen LogP contribution in [0.5, 0.6) is 0 Å². The Hall–Kier alpha value is -1.18. The van der Waals surface area contributed by atoms with Gasteiger partial charge < -0.3 is 13.8 Å². The van der Waals surface area contributed by atoms with Gasteiger partial charge in [-0.15, -0.1) is 11.8 Å². The van der Waals surface area contributed by atoms with Crippen molar-refractivity contribution in [3.8, 4) is 0 Å². The second-order valence-electron chi connectivity index (χ2n) is 4.67. The molecule has 2 rings (SSSR count). The van der Waals surface area contributed by atoms with Gasteiger partial charge in [-0.3, -0.25) is 0 Å². The SMILES string of the molecule is CCOCC1SC=C(OS(=O)(=O)c2ccc(C)cc2)N1C. The van der Waals surface area contributed by atoms with Crippen LogP contribution in [0.25, 0.3) is 0 Å². The first-order chi connectivity index (χ1) is 9.94. The summed E-state index contributed by atoms with van der Waals surface area (Å²) in [6, 6.07) is 6.58. The maximum atomic E-state index is 12.2. The molecule has 0 radical (unpaired) electrons. The second kappa shape index (κ2) is 6.72. The minimum absolute atomic E-state index is 0.0353. The normalized spacial score (nSPS) is 18.7. The van der Waals surface area contributed by atoms with Crippen LogP contribution in [0.15, 0.2) is 40.5 Å². The average molecular weight is 329 g/mol. The van der Waals surface area contributed by atoms with E-state index in [1.165, 1.54) is 11.8 Å². The molecule has 116 valence electrons. The third-order valence-corrected chi connectivity index (χ3v) is 5.42. The van der Waals surface area contributed by atoms with Crippen LogP contribution in [0.3, 0.4) is 0 Å². The van der Waals surface area contributed by atoms with Crippen molar-refractivity contribution in [1.29, 1.82) is 0 Å². The first kappa shape index (κ1) is 16.2. The van der Waals surface area contributed by atoms with Crippen LogP contribution in [0.4, 0.5) is 0 Å². The number of hydrogen-bond donors (Lipinski definition) is 0. The molecule has 0 amide bonds. The minimum Gasteiger partial charge on any atom is -0.379 e. The molecule has 21 heavy (non-hydrogen) atoms. The Morgan fingerprint density at radius 1 is 1.29 bits per heavy atom. The second-order valence-corrected chi connectivity index (χ2v) is 7.27. The molecule has 1 aliphatic heterocycles. The van der Waals surface area contributed by atoms with Gasteiger partial charge in [-0.1, -0.05) is 17.7 Å². The zero-order valence-corrected chi connectivity index (χ0v) is 13.9. The zero-order valence-electron chi connectivity index (χ0n) is 12.3. The van der Waals surface area contributed by atoms with Gasteiger partial charge in [-0.05, 0) is 26.0 Å². The van der Waals surface area contributed by atoms with Gasteiger partial charge >= 0.3 is 10.1 Å². The van der Waals surface area contributed by atoms with Crippen LogP contribution in [0.2, 0.25) is 0 Å². The maximum absolute atomic E-state index is 12.2. The van der Waals surface area contributed by atoms with Crippen molar-refractivity contribution in [1.82, 2.24) is 4.90 Å². The van der Waals surface area contributed by atoms with Crippen LogP contribution in [0.1, 0.15) is 12.5 Å². The summed E-state index contributed by atoms with van der Waals surface area (Å²) in [6.07, 6.45) is 0. The van der Waals surface area contributed by atoms with Gasteiger partial charge in [0.15, 0.2) is 0 Å². The van der Waals surface area contributed by atoms with E-state index in [0.717, 1.165) is 5.56 Å². The highest BCUT2D eigenvalue weighted by molar-refractivity contribution is 8.03. The van der Waals surface area contributed by atoms with Gasteiger partial charge in [0.1, 0.15) is 10.3 Å². The summed E-state index contributed by atoms with van der Waals surface area (Å²) in [7, 11) is -2.01. The molecule has 0 bridgehead atoms. The lowest BCUT2D eigenvalue weighted by Gasteiger charge is -2.23. The number of thioether (sulfide) groups is 1. The van der Waals surface area contributed by atoms with E-state index in [1.54, 1.807) is 41.6 Å². The molecule has 1 atom stereocenters.